The predicted molar refractivity (Wildman–Crippen MR) is 214 cm³/mol. The van der Waals surface area contributed by atoms with E-state index < -0.39 is 25.7 Å². The van der Waals surface area contributed by atoms with Crippen LogP contribution in [0, 0.1) is 11.3 Å². The summed E-state index contributed by atoms with van der Waals surface area (Å²) in [5, 5.41) is 11.2. The van der Waals surface area contributed by atoms with E-state index in [0.717, 1.165) is 58.0 Å². The van der Waals surface area contributed by atoms with Gasteiger partial charge in [-0.3, -0.25) is 9.11 Å². The number of hydrogen-bond donors (Lipinski definition) is 2. The van der Waals surface area contributed by atoms with Crippen molar-refractivity contribution in [3.05, 3.63) is 149 Å². The van der Waals surface area contributed by atoms with Crippen molar-refractivity contribution in [2.45, 2.75) is 56.0 Å². The van der Waals surface area contributed by atoms with Crippen LogP contribution in [-0.2, 0) is 38.7 Å². The van der Waals surface area contributed by atoms with E-state index >= 15 is 0 Å². The Bertz CT molecular complexity index is 2180. The van der Waals surface area contributed by atoms with E-state index in [-0.39, 0.29) is 39.3 Å². The van der Waals surface area contributed by atoms with E-state index in [4.69, 9.17) is 0 Å². The Kier molecular flexibility index (Phi) is 14.7. The van der Waals surface area contributed by atoms with Crippen molar-refractivity contribution in [2.75, 3.05) is 40.9 Å². The van der Waals surface area contributed by atoms with Crippen LogP contribution >= 0.6 is 0 Å². The van der Waals surface area contributed by atoms with E-state index in [1.54, 1.807) is 12.1 Å². The summed E-state index contributed by atoms with van der Waals surface area (Å²) in [5.41, 5.74) is 5.46. The third-order valence-corrected chi connectivity index (χ3v) is 11.5. The monoisotopic (exact) mass is 789 g/mol. The third kappa shape index (κ3) is 9.98. The molecule has 0 heterocycles. The van der Waals surface area contributed by atoms with Gasteiger partial charge in [0, 0.05) is 56.3 Å². The van der Waals surface area contributed by atoms with Crippen LogP contribution in [0.1, 0.15) is 55.5 Å². The fraction of sp³-hybridized carbons (Fsp3) is 0.262. The minimum atomic E-state index is -4.33. The van der Waals surface area contributed by atoms with Crippen molar-refractivity contribution >= 4 is 37.3 Å². The van der Waals surface area contributed by atoms with Gasteiger partial charge in [-0.05, 0) is 116 Å². The molecule has 0 spiro atoms. The largest absolute Gasteiger partial charge is 1.00 e. The van der Waals surface area contributed by atoms with Crippen LogP contribution in [0.3, 0.4) is 0 Å². The minimum absolute atomic E-state index is 0. The summed E-state index contributed by atoms with van der Waals surface area (Å²) in [5.74, 6) is 0. The predicted octanol–water partition coefficient (Wildman–Crippen LogP) is 4.94. The number of anilines is 3. The zero-order valence-electron chi connectivity index (χ0n) is 31.9. The van der Waals surface area contributed by atoms with Gasteiger partial charge in [-0.2, -0.15) is 22.1 Å². The third-order valence-electron chi connectivity index (χ3n) is 9.83. The zero-order chi connectivity index (χ0) is 39.1. The molecule has 0 saturated carbocycles. The van der Waals surface area contributed by atoms with Gasteiger partial charge in [-0.15, -0.1) is 0 Å². The standard InChI is InChI=1S/C42H46N4O6S2.Na/c1-5-44(6-2)37-21-15-34(16-22-37)42(31-43,35-17-23-38(24-18-35)45(7-3)29-32-11-9-13-40(27-32)53(47,48)49)36-19-25-39(26-20-36)46(8-4)30-33-12-10-14-41(28-33)54(50,51)52;/h9-28H,5-8,29-30H2,1-4H3,(H,47,48,49)(H,50,51,52);/q;+1. The van der Waals surface area contributed by atoms with E-state index in [0.29, 0.717) is 26.2 Å². The molecule has 0 aliphatic rings. The van der Waals surface area contributed by atoms with Crippen LogP contribution in [0.25, 0.3) is 0 Å². The molecule has 55 heavy (non-hydrogen) atoms. The Morgan fingerprint density at radius 1 is 0.527 bits per heavy atom. The van der Waals surface area contributed by atoms with E-state index in [9.17, 15) is 31.2 Å². The molecular formula is C42H46N4NaO6S2+. The zero-order valence-corrected chi connectivity index (χ0v) is 35.6. The summed E-state index contributed by atoms with van der Waals surface area (Å²) in [6.45, 7) is 12.0. The van der Waals surface area contributed by atoms with Crippen LogP contribution in [0.2, 0.25) is 0 Å². The van der Waals surface area contributed by atoms with Crippen LogP contribution in [0.4, 0.5) is 17.1 Å². The molecule has 0 radical (unpaired) electrons. The molecule has 13 heteroatoms. The molecule has 10 nitrogen and oxygen atoms in total. The second-order valence-electron chi connectivity index (χ2n) is 12.9. The second kappa shape index (κ2) is 18.6. The van der Waals surface area contributed by atoms with Crippen molar-refractivity contribution in [1.29, 1.82) is 5.26 Å². The van der Waals surface area contributed by atoms with Crippen molar-refractivity contribution in [3.8, 4) is 6.07 Å². The maximum absolute atomic E-state index is 11.8. The van der Waals surface area contributed by atoms with Gasteiger partial charge in [0.2, 0.25) is 0 Å². The molecule has 282 valence electrons. The van der Waals surface area contributed by atoms with Crippen molar-refractivity contribution in [2.24, 2.45) is 0 Å². The van der Waals surface area contributed by atoms with Crippen LogP contribution in [0.5, 0.6) is 0 Å². The molecule has 0 bridgehead atoms. The van der Waals surface area contributed by atoms with Gasteiger partial charge in [0.25, 0.3) is 20.2 Å². The first-order chi connectivity index (χ1) is 25.8. The molecule has 0 aliphatic carbocycles. The molecule has 0 aliphatic heterocycles. The second-order valence-corrected chi connectivity index (χ2v) is 15.8. The SMILES string of the molecule is CCN(CC)c1ccc(C(C#N)(c2ccc(N(CC)Cc3cccc(S(=O)(=O)O)c3)cc2)c2ccc(N(CC)Cc3cccc(S(=O)(=O)O)c3)cc2)cc1.[Na+]. The fourth-order valence-corrected chi connectivity index (χ4v) is 7.97. The van der Waals surface area contributed by atoms with Gasteiger partial charge in [0.05, 0.1) is 15.9 Å². The molecule has 5 aromatic carbocycles. The first-order valence-corrected chi connectivity index (χ1v) is 20.8. The van der Waals surface area contributed by atoms with Crippen molar-refractivity contribution < 1.29 is 55.5 Å². The summed E-state index contributed by atoms with van der Waals surface area (Å²) in [7, 11) is -8.67. The van der Waals surface area contributed by atoms with Crippen LogP contribution in [-0.4, -0.2) is 52.1 Å². The Balaban J connectivity index is 0.00000673. The quantitative estimate of drug-likeness (QED) is 0.0803. The summed E-state index contributed by atoms with van der Waals surface area (Å²) < 4.78 is 66.1. The number of hydrogen-bond acceptors (Lipinski definition) is 8. The maximum atomic E-state index is 11.8. The molecular weight excluding hydrogens is 744 g/mol. The van der Waals surface area contributed by atoms with E-state index in [1.165, 1.54) is 24.3 Å². The molecule has 0 fully saturated rings. The molecule has 0 saturated heterocycles. The van der Waals surface area contributed by atoms with Gasteiger partial charge in [0.15, 0.2) is 0 Å². The first kappa shape index (κ1) is 43.5. The van der Waals surface area contributed by atoms with Gasteiger partial charge >= 0.3 is 29.6 Å². The van der Waals surface area contributed by atoms with Gasteiger partial charge in [-0.1, -0.05) is 60.7 Å². The number of nitrogens with zero attached hydrogens (tertiary/aromatic N) is 4. The molecule has 0 unspecified atom stereocenters. The maximum Gasteiger partial charge on any atom is 1.00 e. The normalized spacial score (nSPS) is 11.7. The van der Waals surface area contributed by atoms with Crippen molar-refractivity contribution in [1.82, 2.24) is 0 Å². The summed E-state index contributed by atoms with van der Waals surface area (Å²) in [6, 6.07) is 39.0. The molecule has 0 atom stereocenters. The Hall–Kier alpha value is -4.19. The summed E-state index contributed by atoms with van der Waals surface area (Å²) in [6.07, 6.45) is 0. The minimum Gasteiger partial charge on any atom is -0.372 e. The van der Waals surface area contributed by atoms with Gasteiger partial charge in [0.1, 0.15) is 5.41 Å². The molecule has 0 amide bonds. The topological polar surface area (TPSA) is 142 Å². The average Bonchev–Trinajstić information content (AvgIpc) is 3.17. The molecule has 5 aromatic rings. The van der Waals surface area contributed by atoms with Crippen LogP contribution in [0.15, 0.2) is 131 Å². The van der Waals surface area contributed by atoms with Crippen molar-refractivity contribution in [3.63, 3.8) is 0 Å². The summed E-state index contributed by atoms with van der Waals surface area (Å²) >= 11 is 0. The van der Waals surface area contributed by atoms with E-state index in [1.807, 2.05) is 86.6 Å². The summed E-state index contributed by atoms with van der Waals surface area (Å²) in [4.78, 5) is 6.10. The molecule has 2 N–H and O–H groups in total. The molecule has 0 aromatic heterocycles. The molecule has 5 rings (SSSR count). The Morgan fingerprint density at radius 3 is 1.11 bits per heavy atom. The number of rotatable bonds is 16. The van der Waals surface area contributed by atoms with Gasteiger partial charge in [-0.25, -0.2) is 0 Å². The smallest absolute Gasteiger partial charge is 0.372 e. The first-order valence-electron chi connectivity index (χ1n) is 17.9. The Morgan fingerprint density at radius 2 is 0.836 bits per heavy atom. The van der Waals surface area contributed by atoms with Gasteiger partial charge < -0.3 is 14.7 Å². The van der Waals surface area contributed by atoms with E-state index in [2.05, 4.69) is 46.7 Å². The average molecular weight is 790 g/mol. The Labute approximate surface area is 347 Å². The number of nitriles is 1. The fourth-order valence-electron chi connectivity index (χ4n) is 6.87. The van der Waals surface area contributed by atoms with Crippen LogP contribution < -0.4 is 44.3 Å². The number of benzene rings is 5.